The fourth-order valence-electron chi connectivity index (χ4n) is 2.77. The highest BCUT2D eigenvalue weighted by Gasteiger charge is 2.23. The first-order valence-corrected chi connectivity index (χ1v) is 8.10. The van der Waals surface area contributed by atoms with Gasteiger partial charge in [0.25, 0.3) is 0 Å². The fraction of sp³-hybridized carbons (Fsp3) is 0.368. The van der Waals surface area contributed by atoms with Crippen molar-refractivity contribution in [2.45, 2.75) is 31.7 Å². The maximum atomic E-state index is 14.0. The molecular weight excluding hydrogens is 315 g/mol. The van der Waals surface area contributed by atoms with E-state index in [1.165, 1.54) is 18.4 Å². The lowest BCUT2D eigenvalue weighted by Gasteiger charge is -2.10. The quantitative estimate of drug-likeness (QED) is 0.601. The van der Waals surface area contributed by atoms with Crippen molar-refractivity contribution in [3.8, 4) is 5.75 Å². The average Bonchev–Trinajstić information content (AvgIpc) is 3.42. The Morgan fingerprint density at radius 3 is 2.42 bits per heavy atom. The molecule has 2 aromatic carbocycles. The van der Waals surface area contributed by atoms with E-state index in [-0.39, 0.29) is 12.0 Å². The van der Waals surface area contributed by atoms with E-state index < -0.39 is 23.2 Å². The molecule has 5 heteroatoms. The Balaban J connectivity index is 1.53. The molecule has 0 aromatic heterocycles. The van der Waals surface area contributed by atoms with Gasteiger partial charge < -0.3 is 10.1 Å². The Morgan fingerprint density at radius 2 is 1.79 bits per heavy atom. The van der Waals surface area contributed by atoms with Gasteiger partial charge in [-0.25, -0.2) is 8.78 Å². The summed E-state index contributed by atoms with van der Waals surface area (Å²) >= 11 is 0. The molecule has 0 heterocycles. The normalized spacial score (nSPS) is 14.0. The first-order chi connectivity index (χ1) is 11.6. The molecule has 0 amide bonds. The van der Waals surface area contributed by atoms with Crippen LogP contribution in [0.3, 0.4) is 0 Å². The van der Waals surface area contributed by atoms with Crippen molar-refractivity contribution in [3.63, 3.8) is 0 Å². The van der Waals surface area contributed by atoms with Gasteiger partial charge in [0.1, 0.15) is 0 Å². The molecule has 1 saturated carbocycles. The standard InChI is InChI=1S/C19H20F3NO/c1-24-19-17(21)15(10-16(20)18(19)22)8-9-23-11-12-2-4-13(5-3-12)14-6-7-14/h2-5,10,14,23H,6-9,11H2,1H3. The second-order valence-corrected chi connectivity index (χ2v) is 6.12. The van der Waals surface area contributed by atoms with Gasteiger partial charge >= 0.3 is 0 Å². The van der Waals surface area contributed by atoms with Crippen LogP contribution in [0.5, 0.6) is 5.75 Å². The molecule has 0 saturated heterocycles. The smallest absolute Gasteiger partial charge is 0.203 e. The number of halogens is 3. The third-order valence-corrected chi connectivity index (χ3v) is 4.32. The molecule has 0 atom stereocenters. The predicted octanol–water partition coefficient (Wildman–Crippen LogP) is 4.32. The number of nitrogens with one attached hydrogen (secondary N) is 1. The van der Waals surface area contributed by atoms with Crippen molar-refractivity contribution in [1.29, 1.82) is 0 Å². The zero-order valence-electron chi connectivity index (χ0n) is 13.5. The number of hydrogen-bond acceptors (Lipinski definition) is 2. The lowest BCUT2D eigenvalue weighted by Crippen LogP contribution is -2.17. The molecule has 24 heavy (non-hydrogen) atoms. The lowest BCUT2D eigenvalue weighted by molar-refractivity contribution is 0.344. The fourth-order valence-corrected chi connectivity index (χ4v) is 2.77. The molecule has 0 unspecified atom stereocenters. The third-order valence-electron chi connectivity index (χ3n) is 4.32. The Labute approximate surface area is 139 Å². The lowest BCUT2D eigenvalue weighted by atomic mass is 10.1. The van der Waals surface area contributed by atoms with Crippen molar-refractivity contribution in [1.82, 2.24) is 5.32 Å². The van der Waals surface area contributed by atoms with Crippen molar-refractivity contribution in [2.75, 3.05) is 13.7 Å². The molecule has 2 nitrogen and oxygen atoms in total. The SMILES string of the molecule is COc1c(F)c(F)cc(CCNCc2ccc(C3CC3)cc2)c1F. The molecule has 1 N–H and O–H groups in total. The minimum absolute atomic E-state index is 0.0994. The molecule has 128 valence electrons. The van der Waals surface area contributed by atoms with Crippen LogP contribution in [0.15, 0.2) is 30.3 Å². The molecule has 0 aliphatic heterocycles. The monoisotopic (exact) mass is 335 g/mol. The zero-order chi connectivity index (χ0) is 17.1. The summed E-state index contributed by atoms with van der Waals surface area (Å²) in [4.78, 5) is 0. The molecule has 0 spiro atoms. The van der Waals surface area contributed by atoms with E-state index in [9.17, 15) is 13.2 Å². The minimum atomic E-state index is -1.29. The van der Waals surface area contributed by atoms with Gasteiger partial charge in [-0.2, -0.15) is 4.39 Å². The van der Waals surface area contributed by atoms with Crippen LogP contribution in [0.4, 0.5) is 13.2 Å². The zero-order valence-corrected chi connectivity index (χ0v) is 13.5. The second-order valence-electron chi connectivity index (χ2n) is 6.12. The summed E-state index contributed by atoms with van der Waals surface area (Å²) in [7, 11) is 1.12. The highest BCUT2D eigenvalue weighted by molar-refractivity contribution is 5.34. The van der Waals surface area contributed by atoms with Gasteiger partial charge in [0.2, 0.25) is 5.82 Å². The van der Waals surface area contributed by atoms with Crippen LogP contribution in [0.1, 0.15) is 35.4 Å². The highest BCUT2D eigenvalue weighted by Crippen LogP contribution is 2.39. The number of hydrogen-bond donors (Lipinski definition) is 1. The summed E-state index contributed by atoms with van der Waals surface area (Å²) in [5.41, 5.74) is 2.62. The van der Waals surface area contributed by atoms with Crippen molar-refractivity contribution in [3.05, 3.63) is 64.5 Å². The Morgan fingerprint density at radius 1 is 1.08 bits per heavy atom. The largest absolute Gasteiger partial charge is 0.491 e. The third kappa shape index (κ3) is 3.73. The first-order valence-electron chi connectivity index (χ1n) is 8.10. The van der Waals surface area contributed by atoms with Crippen LogP contribution >= 0.6 is 0 Å². The maximum absolute atomic E-state index is 14.0. The van der Waals surface area contributed by atoms with Gasteiger partial charge in [0.05, 0.1) is 7.11 Å². The molecule has 1 aliphatic carbocycles. The van der Waals surface area contributed by atoms with E-state index >= 15 is 0 Å². The van der Waals surface area contributed by atoms with Crippen LogP contribution in [0.2, 0.25) is 0 Å². The van der Waals surface area contributed by atoms with Crippen LogP contribution in [-0.2, 0) is 13.0 Å². The molecule has 0 radical (unpaired) electrons. The van der Waals surface area contributed by atoms with E-state index in [0.29, 0.717) is 13.1 Å². The van der Waals surface area contributed by atoms with E-state index in [1.54, 1.807) is 0 Å². The van der Waals surface area contributed by atoms with Gasteiger partial charge in [0.15, 0.2) is 17.4 Å². The van der Waals surface area contributed by atoms with E-state index in [2.05, 4.69) is 34.3 Å². The molecule has 1 aliphatic rings. The van der Waals surface area contributed by atoms with Gasteiger partial charge in [0, 0.05) is 6.54 Å². The summed E-state index contributed by atoms with van der Waals surface area (Å²) in [6.45, 7) is 1.10. The molecule has 2 aromatic rings. The first kappa shape index (κ1) is 16.8. The van der Waals surface area contributed by atoms with E-state index in [4.69, 9.17) is 0 Å². The van der Waals surface area contributed by atoms with Gasteiger partial charge in [-0.05, 0) is 54.5 Å². The molecular formula is C19H20F3NO. The van der Waals surface area contributed by atoms with E-state index in [0.717, 1.165) is 24.7 Å². The Hall–Kier alpha value is -2.01. The van der Waals surface area contributed by atoms with Crippen LogP contribution in [0, 0.1) is 17.5 Å². The summed E-state index contributed by atoms with van der Waals surface area (Å²) in [5.74, 6) is -3.16. The van der Waals surface area contributed by atoms with Gasteiger partial charge in [-0.3, -0.25) is 0 Å². The molecule has 3 rings (SSSR count). The summed E-state index contributed by atoms with van der Waals surface area (Å²) in [6.07, 6.45) is 2.81. The predicted molar refractivity (Wildman–Crippen MR) is 86.7 cm³/mol. The van der Waals surface area contributed by atoms with E-state index in [1.807, 2.05) is 0 Å². The number of benzene rings is 2. The highest BCUT2D eigenvalue weighted by atomic mass is 19.2. The topological polar surface area (TPSA) is 21.3 Å². The average molecular weight is 335 g/mol. The molecule has 0 bridgehead atoms. The number of methoxy groups -OCH3 is 1. The second kappa shape index (κ2) is 7.26. The van der Waals surface area contributed by atoms with Crippen molar-refractivity contribution < 1.29 is 17.9 Å². The summed E-state index contributed by atoms with van der Waals surface area (Å²) in [6, 6.07) is 9.35. The minimum Gasteiger partial charge on any atom is -0.491 e. The number of rotatable bonds is 7. The number of ether oxygens (including phenoxy) is 1. The molecule has 1 fully saturated rings. The summed E-state index contributed by atoms with van der Waals surface area (Å²) in [5, 5.41) is 3.19. The van der Waals surface area contributed by atoms with Gasteiger partial charge in [-0.15, -0.1) is 0 Å². The van der Waals surface area contributed by atoms with Crippen molar-refractivity contribution >= 4 is 0 Å². The van der Waals surface area contributed by atoms with Crippen LogP contribution in [-0.4, -0.2) is 13.7 Å². The van der Waals surface area contributed by atoms with Crippen LogP contribution < -0.4 is 10.1 Å². The Bertz CT molecular complexity index is 712. The maximum Gasteiger partial charge on any atom is 0.203 e. The van der Waals surface area contributed by atoms with Gasteiger partial charge in [-0.1, -0.05) is 24.3 Å². The summed E-state index contributed by atoms with van der Waals surface area (Å²) < 4.78 is 45.5. The van der Waals surface area contributed by atoms with Crippen LogP contribution in [0.25, 0.3) is 0 Å². The van der Waals surface area contributed by atoms with Crippen molar-refractivity contribution in [2.24, 2.45) is 0 Å². The Kier molecular flexibility index (Phi) is 5.09.